The molecule has 1 aromatic rings. The molecule has 1 rings (SSSR count). The maximum Gasteiger partial charge on any atom is 0.115 e. The maximum absolute atomic E-state index is 9.20. The molecule has 0 aliphatic heterocycles. The monoisotopic (exact) mass is 238 g/mol. The predicted molar refractivity (Wildman–Crippen MR) is 73.1 cm³/mol. The molecule has 0 aliphatic rings. The van der Waals surface area contributed by atoms with Crippen LogP contribution in [-0.4, -0.2) is 17.1 Å². The Morgan fingerprint density at radius 3 is 2.31 bits per heavy atom. The van der Waals surface area contributed by atoms with Gasteiger partial charge >= 0.3 is 0 Å². The lowest BCUT2D eigenvalue weighted by Crippen LogP contribution is -2.12. The van der Waals surface area contributed by atoms with Gasteiger partial charge in [-0.1, -0.05) is 26.0 Å². The van der Waals surface area contributed by atoms with Gasteiger partial charge in [0.25, 0.3) is 0 Å². The van der Waals surface area contributed by atoms with E-state index in [-0.39, 0.29) is 0 Å². The fourth-order valence-corrected chi connectivity index (χ4v) is 2.82. The van der Waals surface area contributed by atoms with Crippen LogP contribution < -0.4 is 0 Å². The number of hydrogen-bond donors (Lipinski definition) is 1. The van der Waals surface area contributed by atoms with Crippen LogP contribution in [0.4, 0.5) is 0 Å². The molecular weight excluding hydrogens is 216 g/mol. The molecule has 16 heavy (non-hydrogen) atoms. The quantitative estimate of drug-likeness (QED) is 0.809. The molecule has 0 bridgehead atoms. The first-order valence-corrected chi connectivity index (χ1v) is 7.29. The molecule has 0 saturated carbocycles. The van der Waals surface area contributed by atoms with Crippen molar-refractivity contribution in [1.29, 1.82) is 0 Å². The normalized spacial score (nSPS) is 13.0. The zero-order chi connectivity index (χ0) is 12.0. The summed E-state index contributed by atoms with van der Waals surface area (Å²) >= 11 is 1.94. The largest absolute Gasteiger partial charge is 0.508 e. The van der Waals surface area contributed by atoms with E-state index < -0.39 is 0 Å². The van der Waals surface area contributed by atoms with E-state index in [0.717, 1.165) is 18.3 Å². The van der Waals surface area contributed by atoms with Crippen LogP contribution in [-0.2, 0) is 6.42 Å². The summed E-state index contributed by atoms with van der Waals surface area (Å²) in [7, 11) is 0. The smallest absolute Gasteiger partial charge is 0.115 e. The molecular formula is C14H22OS. The molecule has 0 spiro atoms. The number of hydrogen-bond acceptors (Lipinski definition) is 2. The highest BCUT2D eigenvalue weighted by Crippen LogP contribution is 2.22. The van der Waals surface area contributed by atoms with Crippen LogP contribution in [0.2, 0.25) is 0 Å². The summed E-state index contributed by atoms with van der Waals surface area (Å²) in [5, 5.41) is 9.20. The van der Waals surface area contributed by atoms with E-state index in [1.54, 1.807) is 12.1 Å². The summed E-state index contributed by atoms with van der Waals surface area (Å²) in [4.78, 5) is 0. The molecule has 0 aliphatic carbocycles. The van der Waals surface area contributed by atoms with Gasteiger partial charge in [-0.15, -0.1) is 0 Å². The van der Waals surface area contributed by atoms with E-state index in [1.807, 2.05) is 23.9 Å². The van der Waals surface area contributed by atoms with Gasteiger partial charge in [-0.2, -0.15) is 11.8 Å². The Morgan fingerprint density at radius 2 is 1.81 bits per heavy atom. The van der Waals surface area contributed by atoms with Crippen LogP contribution >= 0.6 is 11.8 Å². The number of phenolic OH excluding ortho intramolecular Hbond substituents is 1. The molecule has 0 radical (unpaired) electrons. The highest BCUT2D eigenvalue weighted by atomic mass is 32.2. The van der Waals surface area contributed by atoms with E-state index in [0.29, 0.717) is 5.75 Å². The van der Waals surface area contributed by atoms with Gasteiger partial charge in [0, 0.05) is 0 Å². The fraction of sp³-hybridized carbons (Fsp3) is 0.571. The van der Waals surface area contributed by atoms with Crippen LogP contribution in [0.1, 0.15) is 25.8 Å². The Balaban J connectivity index is 2.45. The topological polar surface area (TPSA) is 20.2 Å². The van der Waals surface area contributed by atoms with Crippen LogP contribution in [0.3, 0.4) is 0 Å². The minimum atomic E-state index is 0.355. The summed E-state index contributed by atoms with van der Waals surface area (Å²) in [6.45, 7) is 4.61. The number of rotatable bonds is 6. The second-order valence-electron chi connectivity index (χ2n) is 4.66. The average molecular weight is 238 g/mol. The second kappa shape index (κ2) is 6.85. The lowest BCUT2D eigenvalue weighted by atomic mass is 9.91. The second-order valence-corrected chi connectivity index (χ2v) is 5.58. The first-order chi connectivity index (χ1) is 7.63. The van der Waals surface area contributed by atoms with E-state index in [9.17, 15) is 5.11 Å². The summed E-state index contributed by atoms with van der Waals surface area (Å²) in [6, 6.07) is 7.58. The first kappa shape index (κ1) is 13.4. The van der Waals surface area contributed by atoms with Crippen molar-refractivity contribution < 1.29 is 5.11 Å². The van der Waals surface area contributed by atoms with E-state index in [1.165, 1.54) is 17.7 Å². The van der Waals surface area contributed by atoms with Crippen molar-refractivity contribution in [1.82, 2.24) is 0 Å². The van der Waals surface area contributed by atoms with Gasteiger partial charge in [0.05, 0.1) is 0 Å². The Labute approximate surface area is 103 Å². The number of thioether (sulfide) groups is 1. The minimum Gasteiger partial charge on any atom is -0.508 e. The molecule has 0 amide bonds. The molecule has 1 atom stereocenters. The molecule has 1 nitrogen and oxygen atoms in total. The summed E-state index contributed by atoms with van der Waals surface area (Å²) in [5.41, 5.74) is 1.32. The van der Waals surface area contributed by atoms with Crippen LogP contribution in [0.25, 0.3) is 0 Å². The first-order valence-electron chi connectivity index (χ1n) is 5.90. The van der Waals surface area contributed by atoms with E-state index in [4.69, 9.17) is 0 Å². The van der Waals surface area contributed by atoms with Crippen molar-refractivity contribution >= 4 is 11.8 Å². The molecule has 1 unspecified atom stereocenters. The van der Waals surface area contributed by atoms with Gasteiger partial charge in [-0.25, -0.2) is 0 Å². The molecule has 1 N–H and O–H groups in total. The predicted octanol–water partition coefficient (Wildman–Crippen LogP) is 3.96. The van der Waals surface area contributed by atoms with E-state index in [2.05, 4.69) is 20.1 Å². The van der Waals surface area contributed by atoms with Crippen LogP contribution in [0, 0.1) is 11.8 Å². The fourth-order valence-electron chi connectivity index (χ4n) is 1.84. The van der Waals surface area contributed by atoms with Crippen molar-refractivity contribution in [2.45, 2.75) is 26.7 Å². The van der Waals surface area contributed by atoms with Crippen molar-refractivity contribution in [2.24, 2.45) is 11.8 Å². The van der Waals surface area contributed by atoms with Gasteiger partial charge < -0.3 is 5.11 Å². The van der Waals surface area contributed by atoms with Crippen molar-refractivity contribution in [3.63, 3.8) is 0 Å². The maximum atomic E-state index is 9.20. The van der Waals surface area contributed by atoms with Gasteiger partial charge in [-0.05, 0) is 54.4 Å². The Bertz CT molecular complexity index is 292. The van der Waals surface area contributed by atoms with E-state index >= 15 is 0 Å². The molecule has 0 saturated heterocycles. The third-order valence-corrected chi connectivity index (χ3v) is 3.83. The van der Waals surface area contributed by atoms with Gasteiger partial charge in [0.15, 0.2) is 0 Å². The zero-order valence-electron chi connectivity index (χ0n) is 10.4. The summed E-state index contributed by atoms with van der Waals surface area (Å²) < 4.78 is 0. The molecule has 0 aromatic heterocycles. The van der Waals surface area contributed by atoms with Gasteiger partial charge in [0.1, 0.15) is 5.75 Å². The average Bonchev–Trinajstić information content (AvgIpc) is 2.26. The number of benzene rings is 1. The van der Waals surface area contributed by atoms with Crippen molar-refractivity contribution in [3.05, 3.63) is 29.8 Å². The molecule has 0 heterocycles. The summed E-state index contributed by atoms with van der Waals surface area (Å²) in [6.07, 6.45) is 4.53. The number of phenols is 1. The van der Waals surface area contributed by atoms with Gasteiger partial charge in [0.2, 0.25) is 0 Å². The van der Waals surface area contributed by atoms with Crippen LogP contribution in [0.15, 0.2) is 24.3 Å². The SMILES string of the molecule is CSCC(CCc1ccc(O)cc1)C(C)C. The zero-order valence-corrected chi connectivity index (χ0v) is 11.3. The number of aryl methyl sites for hydroxylation is 1. The highest BCUT2D eigenvalue weighted by molar-refractivity contribution is 7.98. The standard InChI is InChI=1S/C14H22OS/c1-11(2)13(10-16-3)7-4-12-5-8-14(15)9-6-12/h5-6,8-9,11,13,15H,4,7,10H2,1-3H3. The van der Waals surface area contributed by atoms with Gasteiger partial charge in [-0.3, -0.25) is 0 Å². The lowest BCUT2D eigenvalue weighted by molar-refractivity contribution is 0.400. The molecule has 90 valence electrons. The third-order valence-electron chi connectivity index (χ3n) is 3.06. The Kier molecular flexibility index (Phi) is 5.75. The lowest BCUT2D eigenvalue weighted by Gasteiger charge is -2.19. The third kappa shape index (κ3) is 4.48. The van der Waals surface area contributed by atoms with Crippen molar-refractivity contribution in [3.8, 4) is 5.75 Å². The minimum absolute atomic E-state index is 0.355. The summed E-state index contributed by atoms with van der Waals surface area (Å²) in [5.74, 6) is 3.15. The Morgan fingerprint density at radius 1 is 1.19 bits per heavy atom. The molecule has 0 fully saturated rings. The Hall–Kier alpha value is -0.630. The van der Waals surface area contributed by atoms with Crippen molar-refractivity contribution in [2.75, 3.05) is 12.0 Å². The van der Waals surface area contributed by atoms with Crippen LogP contribution in [0.5, 0.6) is 5.75 Å². The molecule has 2 heteroatoms. The number of aromatic hydroxyl groups is 1. The molecule has 1 aromatic carbocycles. The highest BCUT2D eigenvalue weighted by Gasteiger charge is 2.12.